The summed E-state index contributed by atoms with van der Waals surface area (Å²) in [6.07, 6.45) is 10.8. The molecule has 1 aromatic rings. The van der Waals surface area contributed by atoms with Gasteiger partial charge in [0.2, 0.25) is 0 Å². The van der Waals surface area contributed by atoms with E-state index in [9.17, 15) is 8.78 Å². The summed E-state index contributed by atoms with van der Waals surface area (Å²) in [4.78, 5) is 0. The smallest absolute Gasteiger partial charge is 0.162 e. The number of fused-ring (bicyclic) bond motifs is 2. The van der Waals surface area contributed by atoms with Gasteiger partial charge in [0.15, 0.2) is 11.6 Å². The highest BCUT2D eigenvalue weighted by atomic mass is 19.2. The number of halogens is 2. The van der Waals surface area contributed by atoms with Crippen LogP contribution in [0.25, 0.3) is 0 Å². The molecule has 1 aromatic carbocycles. The van der Waals surface area contributed by atoms with Gasteiger partial charge in [0.05, 0.1) is 6.10 Å². The zero-order valence-corrected chi connectivity index (χ0v) is 16.9. The number of hydrogen-bond acceptors (Lipinski definition) is 1. The number of aryl methyl sites for hydroxylation is 1. The van der Waals surface area contributed by atoms with Crippen LogP contribution in [-0.4, -0.2) is 12.7 Å². The third kappa shape index (κ3) is 3.95. The molecule has 27 heavy (non-hydrogen) atoms. The normalized spacial score (nSPS) is 33.4. The molecule has 3 aliphatic carbocycles. The lowest BCUT2D eigenvalue weighted by atomic mass is 9.65. The molecule has 0 spiro atoms. The summed E-state index contributed by atoms with van der Waals surface area (Å²) in [7, 11) is 0. The second-order valence-corrected chi connectivity index (χ2v) is 9.42. The van der Waals surface area contributed by atoms with Gasteiger partial charge in [-0.25, -0.2) is 8.78 Å². The van der Waals surface area contributed by atoms with Crippen molar-refractivity contribution in [1.29, 1.82) is 0 Å². The van der Waals surface area contributed by atoms with Gasteiger partial charge in [-0.1, -0.05) is 19.9 Å². The molecule has 5 atom stereocenters. The minimum absolute atomic E-state index is 0.193. The van der Waals surface area contributed by atoms with Gasteiger partial charge in [-0.3, -0.25) is 0 Å². The van der Waals surface area contributed by atoms with E-state index in [1.54, 1.807) is 0 Å². The fraction of sp³-hybridized carbons (Fsp3) is 0.750. The summed E-state index contributed by atoms with van der Waals surface area (Å²) < 4.78 is 35.7. The van der Waals surface area contributed by atoms with Crippen molar-refractivity contribution in [3.05, 3.63) is 34.4 Å². The lowest BCUT2D eigenvalue weighted by Crippen LogP contribution is -2.34. The van der Waals surface area contributed by atoms with E-state index in [1.165, 1.54) is 6.42 Å². The molecule has 0 amide bonds. The molecule has 4 rings (SSSR count). The second kappa shape index (κ2) is 8.19. The maximum atomic E-state index is 14.9. The van der Waals surface area contributed by atoms with Crippen LogP contribution in [0.15, 0.2) is 6.07 Å². The molecular weight excluding hydrogens is 342 g/mol. The van der Waals surface area contributed by atoms with Crippen molar-refractivity contribution in [3.8, 4) is 0 Å². The SMILES string of the molecule is CCCOC1CCC2CC(c3cc4c(c(F)c3F)CC(C)CC4)CCC2C1. The van der Waals surface area contributed by atoms with Gasteiger partial charge >= 0.3 is 0 Å². The first-order valence-corrected chi connectivity index (χ1v) is 11.2. The van der Waals surface area contributed by atoms with Crippen LogP contribution in [0.1, 0.15) is 87.8 Å². The Morgan fingerprint density at radius 2 is 1.78 bits per heavy atom. The van der Waals surface area contributed by atoms with E-state index < -0.39 is 11.6 Å². The summed E-state index contributed by atoms with van der Waals surface area (Å²) >= 11 is 0. The highest BCUT2D eigenvalue weighted by Crippen LogP contribution is 2.48. The van der Waals surface area contributed by atoms with E-state index in [-0.39, 0.29) is 5.92 Å². The standard InChI is InChI=1S/C24H34F2O/c1-3-10-27-20-9-8-16-12-18(7-6-17(16)13-20)22-14-19-5-4-15(2)11-21(19)23(25)24(22)26/h14-18,20H,3-13H2,1-2H3. The average Bonchev–Trinajstić information content (AvgIpc) is 2.69. The Morgan fingerprint density at radius 3 is 2.59 bits per heavy atom. The number of ether oxygens (including phenoxy) is 1. The maximum Gasteiger partial charge on any atom is 0.162 e. The largest absolute Gasteiger partial charge is 0.378 e. The molecule has 0 aliphatic heterocycles. The van der Waals surface area contributed by atoms with Crippen molar-refractivity contribution in [2.24, 2.45) is 17.8 Å². The van der Waals surface area contributed by atoms with Gasteiger partial charge in [-0.2, -0.15) is 0 Å². The van der Waals surface area contributed by atoms with Crippen molar-refractivity contribution in [3.63, 3.8) is 0 Å². The Balaban J connectivity index is 1.48. The van der Waals surface area contributed by atoms with Crippen molar-refractivity contribution in [2.45, 2.75) is 90.1 Å². The Labute approximate surface area is 162 Å². The predicted octanol–water partition coefficient (Wildman–Crippen LogP) is 6.57. The quantitative estimate of drug-likeness (QED) is 0.577. The molecule has 0 saturated heterocycles. The summed E-state index contributed by atoms with van der Waals surface area (Å²) in [6, 6.07) is 2.03. The number of rotatable bonds is 4. The van der Waals surface area contributed by atoms with E-state index >= 15 is 0 Å². The third-order valence-electron chi connectivity index (χ3n) is 7.45. The van der Waals surface area contributed by atoms with E-state index in [1.807, 2.05) is 6.07 Å². The van der Waals surface area contributed by atoms with Crippen LogP contribution in [0.4, 0.5) is 8.78 Å². The first kappa shape index (κ1) is 19.4. The third-order valence-corrected chi connectivity index (χ3v) is 7.45. The Morgan fingerprint density at radius 1 is 1.00 bits per heavy atom. The number of hydrogen-bond donors (Lipinski definition) is 0. The van der Waals surface area contributed by atoms with Gasteiger partial charge in [-0.05, 0) is 105 Å². The van der Waals surface area contributed by atoms with E-state index in [2.05, 4.69) is 13.8 Å². The lowest BCUT2D eigenvalue weighted by Gasteiger charge is -2.42. The molecule has 0 N–H and O–H groups in total. The molecule has 1 nitrogen and oxygen atoms in total. The predicted molar refractivity (Wildman–Crippen MR) is 105 cm³/mol. The fourth-order valence-electron chi connectivity index (χ4n) is 5.90. The Hall–Kier alpha value is -0.960. The molecule has 2 saturated carbocycles. The van der Waals surface area contributed by atoms with Crippen LogP contribution >= 0.6 is 0 Å². The minimum atomic E-state index is -0.550. The molecule has 2 fully saturated rings. The zero-order valence-electron chi connectivity index (χ0n) is 16.9. The zero-order chi connectivity index (χ0) is 19.0. The molecule has 5 unspecified atom stereocenters. The van der Waals surface area contributed by atoms with Crippen LogP contribution in [0.5, 0.6) is 0 Å². The van der Waals surface area contributed by atoms with Gasteiger partial charge in [0, 0.05) is 6.61 Å². The summed E-state index contributed by atoms with van der Waals surface area (Å²) in [5.74, 6) is 0.919. The molecule has 0 heterocycles. The monoisotopic (exact) mass is 376 g/mol. The molecule has 0 aromatic heterocycles. The Kier molecular flexibility index (Phi) is 5.87. The molecule has 0 bridgehead atoms. The van der Waals surface area contributed by atoms with Crippen LogP contribution in [0, 0.1) is 29.4 Å². The van der Waals surface area contributed by atoms with E-state index in [4.69, 9.17) is 4.74 Å². The highest BCUT2D eigenvalue weighted by molar-refractivity contribution is 5.38. The molecule has 150 valence electrons. The van der Waals surface area contributed by atoms with Crippen LogP contribution < -0.4 is 0 Å². The van der Waals surface area contributed by atoms with Crippen LogP contribution in [-0.2, 0) is 17.6 Å². The fourth-order valence-corrected chi connectivity index (χ4v) is 5.90. The van der Waals surface area contributed by atoms with Gasteiger partial charge in [0.25, 0.3) is 0 Å². The Bertz CT molecular complexity index is 671. The summed E-state index contributed by atoms with van der Waals surface area (Å²) in [5.41, 5.74) is 2.39. The first-order valence-electron chi connectivity index (χ1n) is 11.2. The van der Waals surface area contributed by atoms with Gasteiger partial charge < -0.3 is 4.74 Å². The van der Waals surface area contributed by atoms with Crippen molar-refractivity contribution in [1.82, 2.24) is 0 Å². The van der Waals surface area contributed by atoms with E-state index in [0.717, 1.165) is 63.5 Å². The van der Waals surface area contributed by atoms with Crippen LogP contribution in [0.2, 0.25) is 0 Å². The summed E-state index contributed by atoms with van der Waals surface area (Å²) in [5, 5.41) is 0. The summed E-state index contributed by atoms with van der Waals surface area (Å²) in [6.45, 7) is 5.16. The first-order chi connectivity index (χ1) is 13.1. The second-order valence-electron chi connectivity index (χ2n) is 9.42. The average molecular weight is 377 g/mol. The maximum absolute atomic E-state index is 14.9. The number of benzene rings is 1. The van der Waals surface area contributed by atoms with E-state index in [0.29, 0.717) is 41.4 Å². The molecule has 3 aliphatic rings. The van der Waals surface area contributed by atoms with Gasteiger partial charge in [-0.15, -0.1) is 0 Å². The van der Waals surface area contributed by atoms with Crippen molar-refractivity contribution >= 4 is 0 Å². The topological polar surface area (TPSA) is 9.23 Å². The lowest BCUT2D eigenvalue weighted by molar-refractivity contribution is -0.0149. The van der Waals surface area contributed by atoms with Crippen molar-refractivity contribution in [2.75, 3.05) is 6.61 Å². The highest BCUT2D eigenvalue weighted by Gasteiger charge is 2.38. The van der Waals surface area contributed by atoms with Crippen molar-refractivity contribution < 1.29 is 13.5 Å². The van der Waals surface area contributed by atoms with Gasteiger partial charge in [0.1, 0.15) is 0 Å². The molecule has 3 heteroatoms. The van der Waals surface area contributed by atoms with Crippen LogP contribution in [0.3, 0.4) is 0 Å². The molecule has 0 radical (unpaired) electrons. The molecular formula is C24H34F2O. The minimum Gasteiger partial charge on any atom is -0.378 e.